The Morgan fingerprint density at radius 1 is 0.913 bits per heavy atom. The van der Waals surface area contributed by atoms with Gasteiger partial charge in [0.25, 0.3) is 0 Å². The van der Waals surface area contributed by atoms with E-state index in [0.717, 1.165) is 38.5 Å². The summed E-state index contributed by atoms with van der Waals surface area (Å²) in [7, 11) is 1.75. The zero-order valence-corrected chi connectivity index (χ0v) is 14.4. The van der Waals surface area contributed by atoms with Gasteiger partial charge in [-0.2, -0.15) is 0 Å². The first-order valence-electron chi connectivity index (χ1n) is 8.34. The minimum atomic E-state index is 0.963. The first-order valence-corrected chi connectivity index (χ1v) is 8.34. The van der Waals surface area contributed by atoms with Gasteiger partial charge in [-0.05, 0) is 37.1 Å². The summed E-state index contributed by atoms with van der Waals surface area (Å²) in [6, 6.07) is 14.9. The molecule has 1 heterocycles. The largest absolute Gasteiger partial charge is 0.496 e. The normalized spacial score (nSPS) is 15.7. The van der Waals surface area contributed by atoms with Crippen molar-refractivity contribution in [3.05, 3.63) is 59.2 Å². The Balaban J connectivity index is 1.63. The number of para-hydroxylation sites is 1. The summed E-state index contributed by atoms with van der Waals surface area (Å²) >= 11 is 0. The maximum Gasteiger partial charge on any atom is 0.123 e. The fraction of sp³-hybridized carbons (Fsp3) is 0.400. The molecule has 0 saturated carbocycles. The molecular formula is C20H26N2O. The Bertz CT molecular complexity index is 660. The van der Waals surface area contributed by atoms with Gasteiger partial charge in [-0.15, -0.1) is 0 Å². The van der Waals surface area contributed by atoms with Gasteiger partial charge in [-0.3, -0.25) is 4.90 Å². The van der Waals surface area contributed by atoms with Crippen LogP contribution >= 0.6 is 0 Å². The van der Waals surface area contributed by atoms with Crippen LogP contribution < -0.4 is 9.64 Å². The van der Waals surface area contributed by atoms with E-state index in [1.807, 2.05) is 12.1 Å². The van der Waals surface area contributed by atoms with E-state index < -0.39 is 0 Å². The number of piperazine rings is 1. The Morgan fingerprint density at radius 2 is 1.65 bits per heavy atom. The molecule has 2 aromatic carbocycles. The van der Waals surface area contributed by atoms with Crippen LogP contribution in [0.4, 0.5) is 5.69 Å². The van der Waals surface area contributed by atoms with Crippen molar-refractivity contribution < 1.29 is 4.74 Å². The first kappa shape index (κ1) is 15.9. The molecule has 0 aromatic heterocycles. The van der Waals surface area contributed by atoms with Crippen molar-refractivity contribution in [3.8, 4) is 5.75 Å². The summed E-state index contributed by atoms with van der Waals surface area (Å²) in [6.07, 6.45) is 0. The second-order valence-electron chi connectivity index (χ2n) is 6.29. The fourth-order valence-electron chi connectivity index (χ4n) is 3.30. The Hall–Kier alpha value is -2.00. The van der Waals surface area contributed by atoms with Crippen LogP contribution in [-0.4, -0.2) is 38.2 Å². The van der Waals surface area contributed by atoms with Crippen LogP contribution in [0.5, 0.6) is 5.75 Å². The zero-order valence-electron chi connectivity index (χ0n) is 14.4. The monoisotopic (exact) mass is 310 g/mol. The van der Waals surface area contributed by atoms with Gasteiger partial charge in [0.2, 0.25) is 0 Å². The standard InChI is InChI=1S/C20H26N2O/c1-16-7-6-9-19(17(16)2)22-13-11-21(12-14-22)15-18-8-4-5-10-20(18)23-3/h4-10H,11-15H2,1-3H3. The van der Waals surface area contributed by atoms with Crippen molar-refractivity contribution in [2.45, 2.75) is 20.4 Å². The Labute approximate surface area is 139 Å². The third-order valence-corrected chi connectivity index (χ3v) is 4.88. The highest BCUT2D eigenvalue weighted by Crippen LogP contribution is 2.25. The van der Waals surface area contributed by atoms with Crippen LogP contribution in [-0.2, 0) is 6.54 Å². The lowest BCUT2D eigenvalue weighted by molar-refractivity contribution is 0.246. The zero-order chi connectivity index (χ0) is 16.2. The summed E-state index contributed by atoms with van der Waals surface area (Å²) in [6.45, 7) is 9.73. The van der Waals surface area contributed by atoms with E-state index >= 15 is 0 Å². The molecule has 1 fully saturated rings. The molecule has 2 aromatic rings. The van der Waals surface area contributed by atoms with E-state index in [0.29, 0.717) is 0 Å². The van der Waals surface area contributed by atoms with E-state index in [-0.39, 0.29) is 0 Å². The second-order valence-corrected chi connectivity index (χ2v) is 6.29. The van der Waals surface area contributed by atoms with E-state index in [1.54, 1.807) is 7.11 Å². The highest BCUT2D eigenvalue weighted by Gasteiger charge is 2.19. The maximum atomic E-state index is 5.47. The molecule has 0 radical (unpaired) electrons. The van der Waals surface area contributed by atoms with Crippen LogP contribution in [0.15, 0.2) is 42.5 Å². The third kappa shape index (κ3) is 3.50. The average Bonchev–Trinajstić information content (AvgIpc) is 2.59. The number of methoxy groups -OCH3 is 1. The molecule has 23 heavy (non-hydrogen) atoms. The SMILES string of the molecule is COc1ccccc1CN1CCN(c2cccc(C)c2C)CC1. The number of hydrogen-bond donors (Lipinski definition) is 0. The van der Waals surface area contributed by atoms with Gasteiger partial charge in [0.1, 0.15) is 5.75 Å². The molecule has 0 bridgehead atoms. The molecule has 0 atom stereocenters. The molecule has 1 aliphatic heterocycles. The highest BCUT2D eigenvalue weighted by molar-refractivity contribution is 5.56. The second kappa shape index (κ2) is 7.05. The van der Waals surface area contributed by atoms with Crippen LogP contribution in [0.3, 0.4) is 0 Å². The molecule has 0 N–H and O–H groups in total. The Kier molecular flexibility index (Phi) is 4.87. The number of hydrogen-bond acceptors (Lipinski definition) is 3. The number of benzene rings is 2. The van der Waals surface area contributed by atoms with Gasteiger partial charge in [-0.1, -0.05) is 30.3 Å². The van der Waals surface area contributed by atoms with Gasteiger partial charge in [0, 0.05) is 44.0 Å². The van der Waals surface area contributed by atoms with Crippen molar-refractivity contribution in [2.75, 3.05) is 38.2 Å². The van der Waals surface area contributed by atoms with E-state index in [4.69, 9.17) is 4.74 Å². The van der Waals surface area contributed by atoms with Crippen LogP contribution in [0.2, 0.25) is 0 Å². The molecule has 0 spiro atoms. The molecule has 3 nitrogen and oxygen atoms in total. The third-order valence-electron chi connectivity index (χ3n) is 4.88. The average molecular weight is 310 g/mol. The molecule has 1 aliphatic rings. The van der Waals surface area contributed by atoms with Crippen LogP contribution in [0.1, 0.15) is 16.7 Å². The lowest BCUT2D eigenvalue weighted by Gasteiger charge is -2.37. The summed E-state index contributed by atoms with van der Waals surface area (Å²) in [5.41, 5.74) is 5.45. The minimum absolute atomic E-state index is 0.963. The summed E-state index contributed by atoms with van der Waals surface area (Å²) < 4.78 is 5.47. The lowest BCUT2D eigenvalue weighted by atomic mass is 10.1. The number of aryl methyl sites for hydroxylation is 1. The fourth-order valence-corrected chi connectivity index (χ4v) is 3.30. The molecule has 0 aliphatic carbocycles. The minimum Gasteiger partial charge on any atom is -0.496 e. The van der Waals surface area contributed by atoms with Crippen molar-refractivity contribution in [1.29, 1.82) is 0 Å². The summed E-state index contributed by atoms with van der Waals surface area (Å²) in [5, 5.41) is 0. The van der Waals surface area contributed by atoms with E-state index in [9.17, 15) is 0 Å². The van der Waals surface area contributed by atoms with Crippen molar-refractivity contribution >= 4 is 5.69 Å². The van der Waals surface area contributed by atoms with E-state index in [2.05, 4.69) is 54.0 Å². The van der Waals surface area contributed by atoms with Crippen molar-refractivity contribution in [1.82, 2.24) is 4.90 Å². The summed E-state index contributed by atoms with van der Waals surface area (Å²) in [4.78, 5) is 5.03. The number of rotatable bonds is 4. The molecule has 1 saturated heterocycles. The molecule has 0 amide bonds. The molecular weight excluding hydrogens is 284 g/mol. The lowest BCUT2D eigenvalue weighted by Crippen LogP contribution is -2.46. The smallest absolute Gasteiger partial charge is 0.123 e. The first-order chi connectivity index (χ1) is 11.2. The van der Waals surface area contributed by atoms with Gasteiger partial charge < -0.3 is 9.64 Å². The highest BCUT2D eigenvalue weighted by atomic mass is 16.5. The van der Waals surface area contributed by atoms with Gasteiger partial charge in [0.05, 0.1) is 7.11 Å². The molecule has 0 unspecified atom stereocenters. The van der Waals surface area contributed by atoms with Crippen molar-refractivity contribution in [3.63, 3.8) is 0 Å². The molecule has 3 rings (SSSR count). The molecule has 122 valence electrons. The van der Waals surface area contributed by atoms with Crippen LogP contribution in [0, 0.1) is 13.8 Å². The number of nitrogens with zero attached hydrogens (tertiary/aromatic N) is 2. The predicted molar refractivity (Wildman–Crippen MR) is 96.4 cm³/mol. The predicted octanol–water partition coefficient (Wildman–Crippen LogP) is 3.63. The molecule has 3 heteroatoms. The maximum absolute atomic E-state index is 5.47. The Morgan fingerprint density at radius 3 is 2.39 bits per heavy atom. The van der Waals surface area contributed by atoms with Gasteiger partial charge >= 0.3 is 0 Å². The van der Waals surface area contributed by atoms with E-state index in [1.165, 1.54) is 22.4 Å². The number of anilines is 1. The summed E-state index contributed by atoms with van der Waals surface area (Å²) in [5.74, 6) is 0.990. The van der Waals surface area contributed by atoms with Crippen LogP contribution in [0.25, 0.3) is 0 Å². The van der Waals surface area contributed by atoms with Gasteiger partial charge in [0.15, 0.2) is 0 Å². The topological polar surface area (TPSA) is 15.7 Å². The number of ether oxygens (including phenoxy) is 1. The van der Waals surface area contributed by atoms with Gasteiger partial charge in [-0.25, -0.2) is 0 Å². The van der Waals surface area contributed by atoms with Crippen molar-refractivity contribution in [2.24, 2.45) is 0 Å². The quantitative estimate of drug-likeness (QED) is 0.857.